The molecule has 0 aliphatic rings. The normalized spacial score (nSPS) is 11.2. The molecule has 0 bridgehead atoms. The van der Waals surface area contributed by atoms with Crippen LogP contribution in [-0.4, -0.2) is 24.2 Å². The Balaban J connectivity index is 1.62. The van der Waals surface area contributed by atoms with E-state index < -0.39 is 0 Å². The molecule has 1 N–H and O–H groups in total. The molecule has 6 heteroatoms. The minimum absolute atomic E-state index is 0.668. The molecule has 0 unspecified atom stereocenters. The maximum absolute atomic E-state index is 4.52. The molecule has 25 heavy (non-hydrogen) atoms. The Morgan fingerprint density at radius 1 is 0.800 bits per heavy atom. The molecule has 0 atom stereocenters. The Labute approximate surface area is 143 Å². The maximum atomic E-state index is 4.52. The minimum atomic E-state index is 0.668. The molecule has 120 valence electrons. The number of hydrogen-bond donors (Lipinski definition) is 1. The number of para-hydroxylation sites is 2. The second-order valence-electron chi connectivity index (χ2n) is 5.70. The molecule has 0 amide bonds. The number of fused-ring (bicyclic) bond motifs is 2. The summed E-state index contributed by atoms with van der Waals surface area (Å²) in [6.45, 7) is 0. The maximum Gasteiger partial charge on any atom is 0.176 e. The van der Waals surface area contributed by atoms with Gasteiger partial charge in [0.1, 0.15) is 12.7 Å². The number of benzene rings is 2. The van der Waals surface area contributed by atoms with Gasteiger partial charge in [-0.1, -0.05) is 36.4 Å². The highest BCUT2D eigenvalue weighted by Crippen LogP contribution is 2.22. The highest BCUT2D eigenvalue weighted by atomic mass is 15.4. The lowest BCUT2D eigenvalue weighted by molar-refractivity contribution is 0.986. The molecule has 0 aliphatic carbocycles. The van der Waals surface area contributed by atoms with Gasteiger partial charge < -0.3 is 0 Å². The van der Waals surface area contributed by atoms with Crippen molar-refractivity contribution in [2.45, 2.75) is 0 Å². The average molecular weight is 326 g/mol. The van der Waals surface area contributed by atoms with E-state index >= 15 is 0 Å². The predicted octanol–water partition coefficient (Wildman–Crippen LogP) is 3.65. The van der Waals surface area contributed by atoms with Crippen molar-refractivity contribution < 1.29 is 0 Å². The average Bonchev–Trinajstić information content (AvgIpc) is 3.28. The summed E-state index contributed by atoms with van der Waals surface area (Å²) in [5.74, 6) is 0.668. The fourth-order valence-corrected chi connectivity index (χ4v) is 2.99. The van der Waals surface area contributed by atoms with Gasteiger partial charge in [0.15, 0.2) is 17.0 Å². The zero-order chi connectivity index (χ0) is 16.6. The summed E-state index contributed by atoms with van der Waals surface area (Å²) in [7, 11) is 0. The largest absolute Gasteiger partial charge is 0.283 e. The molecule has 2 aromatic carbocycles. The first kappa shape index (κ1) is 13.7. The number of rotatable bonds is 3. The molecule has 3 heterocycles. The molecular weight excluding hydrogens is 312 g/mol. The second-order valence-corrected chi connectivity index (χ2v) is 5.70. The van der Waals surface area contributed by atoms with Crippen LogP contribution in [0.25, 0.3) is 27.8 Å². The molecule has 5 aromatic rings. The summed E-state index contributed by atoms with van der Waals surface area (Å²) in [4.78, 5) is 13.3. The van der Waals surface area contributed by atoms with Crippen molar-refractivity contribution in [3.05, 3.63) is 79.5 Å². The first-order valence-corrected chi connectivity index (χ1v) is 7.97. The zero-order valence-corrected chi connectivity index (χ0v) is 13.2. The molecule has 0 saturated carbocycles. The van der Waals surface area contributed by atoms with E-state index in [1.165, 1.54) is 0 Å². The van der Waals surface area contributed by atoms with E-state index in [4.69, 9.17) is 0 Å². The fourth-order valence-electron chi connectivity index (χ4n) is 2.99. The minimum Gasteiger partial charge on any atom is -0.283 e. The smallest absolute Gasteiger partial charge is 0.176 e. The number of nitrogens with zero attached hydrogens (tertiary/aromatic N) is 5. The summed E-state index contributed by atoms with van der Waals surface area (Å²) < 4.78 is 3.90. The molecule has 0 spiro atoms. The topological polar surface area (TPSA) is 60.6 Å². The van der Waals surface area contributed by atoms with E-state index in [1.54, 1.807) is 12.7 Å². The lowest BCUT2D eigenvalue weighted by Crippen LogP contribution is -2.09. The van der Waals surface area contributed by atoms with E-state index in [1.807, 2.05) is 57.9 Å². The number of nitrogens with one attached hydrogen (secondary N) is 1. The van der Waals surface area contributed by atoms with E-state index in [0.29, 0.717) is 5.82 Å². The molecule has 0 saturated heterocycles. The number of imidazole rings is 1. The molecule has 6 nitrogen and oxygen atoms in total. The summed E-state index contributed by atoms with van der Waals surface area (Å²) in [5.41, 5.74) is 6.91. The van der Waals surface area contributed by atoms with Gasteiger partial charge in [0.05, 0.1) is 5.52 Å². The van der Waals surface area contributed by atoms with Gasteiger partial charge in [-0.15, -0.1) is 0 Å². The Kier molecular flexibility index (Phi) is 3.00. The summed E-state index contributed by atoms with van der Waals surface area (Å²) in [6, 6.07) is 20.3. The predicted molar refractivity (Wildman–Crippen MR) is 97.6 cm³/mol. The van der Waals surface area contributed by atoms with Crippen molar-refractivity contribution >= 4 is 27.9 Å². The SMILES string of the molecule is c1ccc(-n2cnc3c(Nn4ccc5ccccc54)ncnc32)cc1. The Morgan fingerprint density at radius 2 is 1.64 bits per heavy atom. The molecular formula is C19H14N6. The highest BCUT2D eigenvalue weighted by Gasteiger charge is 2.12. The zero-order valence-electron chi connectivity index (χ0n) is 13.2. The van der Waals surface area contributed by atoms with E-state index in [2.05, 4.69) is 38.6 Å². The van der Waals surface area contributed by atoms with Crippen molar-refractivity contribution in [1.29, 1.82) is 0 Å². The van der Waals surface area contributed by atoms with Crippen LogP contribution in [0.1, 0.15) is 0 Å². The van der Waals surface area contributed by atoms with Crippen LogP contribution in [0.5, 0.6) is 0 Å². The Morgan fingerprint density at radius 3 is 2.56 bits per heavy atom. The second kappa shape index (κ2) is 5.45. The van der Waals surface area contributed by atoms with Gasteiger partial charge in [0, 0.05) is 17.3 Å². The van der Waals surface area contributed by atoms with Crippen LogP contribution in [0.3, 0.4) is 0 Å². The van der Waals surface area contributed by atoms with Crippen LogP contribution in [0.4, 0.5) is 5.82 Å². The van der Waals surface area contributed by atoms with Crippen molar-refractivity contribution in [2.75, 3.05) is 5.43 Å². The third-order valence-corrected chi connectivity index (χ3v) is 4.19. The summed E-state index contributed by atoms with van der Waals surface area (Å²) in [6.07, 6.45) is 5.30. The third-order valence-electron chi connectivity index (χ3n) is 4.19. The van der Waals surface area contributed by atoms with Crippen LogP contribution in [0.2, 0.25) is 0 Å². The highest BCUT2D eigenvalue weighted by molar-refractivity contribution is 5.85. The van der Waals surface area contributed by atoms with Crippen LogP contribution in [0.15, 0.2) is 79.5 Å². The van der Waals surface area contributed by atoms with E-state index in [0.717, 1.165) is 27.8 Å². The van der Waals surface area contributed by atoms with Crippen molar-refractivity contribution in [2.24, 2.45) is 0 Å². The molecule has 0 fully saturated rings. The Bertz CT molecular complexity index is 1170. The van der Waals surface area contributed by atoms with Gasteiger partial charge in [-0.25, -0.2) is 15.0 Å². The molecule has 3 aromatic heterocycles. The first-order chi connectivity index (χ1) is 12.4. The van der Waals surface area contributed by atoms with Gasteiger partial charge in [0.2, 0.25) is 0 Å². The Hall–Kier alpha value is -3.67. The summed E-state index contributed by atoms with van der Waals surface area (Å²) in [5, 5.41) is 1.16. The van der Waals surface area contributed by atoms with Crippen LogP contribution < -0.4 is 5.43 Å². The van der Waals surface area contributed by atoms with Gasteiger partial charge in [0.25, 0.3) is 0 Å². The van der Waals surface area contributed by atoms with Gasteiger partial charge in [-0.2, -0.15) is 0 Å². The number of anilines is 1. The van der Waals surface area contributed by atoms with Gasteiger partial charge in [-0.3, -0.25) is 14.7 Å². The monoisotopic (exact) mass is 326 g/mol. The fraction of sp³-hybridized carbons (Fsp3) is 0. The van der Waals surface area contributed by atoms with E-state index in [9.17, 15) is 0 Å². The van der Waals surface area contributed by atoms with Crippen molar-refractivity contribution in [1.82, 2.24) is 24.2 Å². The van der Waals surface area contributed by atoms with E-state index in [-0.39, 0.29) is 0 Å². The quantitative estimate of drug-likeness (QED) is 0.550. The molecule has 0 aliphatic heterocycles. The van der Waals surface area contributed by atoms with Crippen LogP contribution in [-0.2, 0) is 0 Å². The number of aromatic nitrogens is 5. The summed E-state index contributed by atoms with van der Waals surface area (Å²) >= 11 is 0. The third kappa shape index (κ3) is 2.23. The molecule has 5 rings (SSSR count). The standard InChI is InChI=1S/C19H14N6/c1-2-7-15(8-3-1)24-13-22-17-18(20-12-21-19(17)24)23-25-11-10-14-6-4-5-9-16(14)25/h1-13H,(H,20,21,23). The van der Waals surface area contributed by atoms with Gasteiger partial charge in [-0.05, 0) is 24.3 Å². The van der Waals surface area contributed by atoms with Crippen molar-refractivity contribution in [3.63, 3.8) is 0 Å². The first-order valence-electron chi connectivity index (χ1n) is 7.97. The molecule has 0 radical (unpaired) electrons. The number of hydrogen-bond acceptors (Lipinski definition) is 4. The lowest BCUT2D eigenvalue weighted by Gasteiger charge is -2.09. The van der Waals surface area contributed by atoms with Crippen molar-refractivity contribution in [3.8, 4) is 5.69 Å². The lowest BCUT2D eigenvalue weighted by atomic mass is 10.3. The van der Waals surface area contributed by atoms with Crippen LogP contribution in [0, 0.1) is 0 Å². The van der Waals surface area contributed by atoms with Crippen LogP contribution >= 0.6 is 0 Å². The van der Waals surface area contributed by atoms with Gasteiger partial charge >= 0.3 is 0 Å².